The smallest absolute Gasteiger partial charge is 0.279 e. The monoisotopic (exact) mass is 728 g/mol. The molecule has 1 amide bonds. The lowest BCUT2D eigenvalue weighted by Crippen LogP contribution is -2.51. The van der Waals surface area contributed by atoms with E-state index in [0.717, 1.165) is 33.8 Å². The van der Waals surface area contributed by atoms with Crippen molar-refractivity contribution in [1.29, 1.82) is 0 Å². The average Bonchev–Trinajstić information content (AvgIpc) is 3.91. The Morgan fingerprint density at radius 2 is 1.74 bits per heavy atom. The molecule has 12 heteroatoms. The maximum absolute atomic E-state index is 15.3. The van der Waals surface area contributed by atoms with Crippen molar-refractivity contribution in [2.45, 2.75) is 63.2 Å². The number of H-pyrrole nitrogens is 1. The van der Waals surface area contributed by atoms with Crippen LogP contribution < -0.4 is 20.4 Å². The fraction of sp³-hybridized carbons (Fsp3) is 0.317. The van der Waals surface area contributed by atoms with E-state index < -0.39 is 13.7 Å². The van der Waals surface area contributed by atoms with E-state index in [0.29, 0.717) is 37.0 Å². The standard InChI is InChI=1S/C41H44N6O5Si/c1-27-38(53(3,4)32-17-15-31(51-2)16-18-32)37(20-22-45-26-29(21-23-48)42-44-45)52-41(27)34-24-30(47-39(49)33-12-8-9-13-35(33)43-47)14-19-36(34)46(40(41)50)25-28-10-6-5-7-11-28/h5-19,24,26-27,37-38,43,48H,20-23,25H2,1-4H3/t27-,37+,38-,41+/m1/s1. The molecule has 1 spiro atoms. The summed E-state index contributed by atoms with van der Waals surface area (Å²) in [6, 6.07) is 31.6. The van der Waals surface area contributed by atoms with Crippen molar-refractivity contribution < 1.29 is 19.4 Å². The fourth-order valence-electron chi connectivity index (χ4n) is 8.81. The quantitative estimate of drug-likeness (QED) is 0.173. The van der Waals surface area contributed by atoms with E-state index in [9.17, 15) is 9.90 Å². The predicted molar refractivity (Wildman–Crippen MR) is 207 cm³/mol. The van der Waals surface area contributed by atoms with Crippen LogP contribution in [0.1, 0.15) is 30.2 Å². The number of carbonyl (C=O) groups is 1. The molecule has 6 aromatic rings. The Bertz CT molecular complexity index is 2330. The van der Waals surface area contributed by atoms with Gasteiger partial charge in [0.15, 0.2) is 5.60 Å². The van der Waals surface area contributed by atoms with Crippen molar-refractivity contribution in [3.63, 3.8) is 0 Å². The summed E-state index contributed by atoms with van der Waals surface area (Å²) in [6.45, 7) is 7.83. The van der Waals surface area contributed by atoms with Gasteiger partial charge in [-0.2, -0.15) is 0 Å². The summed E-state index contributed by atoms with van der Waals surface area (Å²) < 4.78 is 16.2. The number of nitrogens with zero attached hydrogens (tertiary/aromatic N) is 5. The second-order valence-corrected chi connectivity index (χ2v) is 19.5. The van der Waals surface area contributed by atoms with E-state index in [4.69, 9.17) is 9.47 Å². The fourth-order valence-corrected chi connectivity index (χ4v) is 12.9. The van der Waals surface area contributed by atoms with E-state index in [1.54, 1.807) is 16.5 Å². The van der Waals surface area contributed by atoms with Crippen molar-refractivity contribution in [3.05, 3.63) is 130 Å². The van der Waals surface area contributed by atoms with Crippen LogP contribution in [0.25, 0.3) is 16.6 Å². The van der Waals surface area contributed by atoms with Crippen molar-refractivity contribution >= 4 is 35.8 Å². The second-order valence-electron chi connectivity index (χ2n) is 14.8. The minimum atomic E-state index is -2.39. The maximum Gasteiger partial charge on any atom is 0.279 e. The molecule has 272 valence electrons. The number of methoxy groups -OCH3 is 1. The van der Waals surface area contributed by atoms with Crippen LogP contribution in [0.15, 0.2) is 108 Å². The molecule has 53 heavy (non-hydrogen) atoms. The van der Waals surface area contributed by atoms with Gasteiger partial charge in [-0.15, -0.1) is 5.10 Å². The molecule has 0 aliphatic carbocycles. The first-order valence-electron chi connectivity index (χ1n) is 18.2. The van der Waals surface area contributed by atoms with Crippen LogP contribution in [-0.2, 0) is 34.6 Å². The van der Waals surface area contributed by atoms with E-state index >= 15 is 4.79 Å². The van der Waals surface area contributed by atoms with E-state index in [2.05, 4.69) is 47.6 Å². The zero-order valence-electron chi connectivity index (χ0n) is 30.4. The number of ether oxygens (including phenoxy) is 2. The normalized spacial score (nSPS) is 21.2. The molecule has 2 aliphatic heterocycles. The summed E-state index contributed by atoms with van der Waals surface area (Å²) in [5.74, 6) is 0.477. The van der Waals surface area contributed by atoms with E-state index in [1.807, 2.05) is 96.0 Å². The average molecular weight is 729 g/mol. The Labute approximate surface area is 308 Å². The van der Waals surface area contributed by atoms with Crippen molar-refractivity contribution in [1.82, 2.24) is 24.8 Å². The molecule has 0 unspecified atom stereocenters. The zero-order chi connectivity index (χ0) is 36.9. The number of aryl methyl sites for hydroxylation is 1. The van der Waals surface area contributed by atoms with Gasteiger partial charge in [-0.25, -0.2) is 4.68 Å². The Morgan fingerprint density at radius 3 is 2.47 bits per heavy atom. The lowest BCUT2D eigenvalue weighted by atomic mass is 9.82. The highest BCUT2D eigenvalue weighted by Crippen LogP contribution is 2.60. The Morgan fingerprint density at radius 1 is 0.981 bits per heavy atom. The van der Waals surface area contributed by atoms with Gasteiger partial charge in [0.1, 0.15) is 5.75 Å². The highest BCUT2D eigenvalue weighted by molar-refractivity contribution is 6.91. The van der Waals surface area contributed by atoms with Crippen LogP contribution in [0.2, 0.25) is 18.6 Å². The molecule has 4 heterocycles. The minimum Gasteiger partial charge on any atom is -0.497 e. The number of benzene rings is 4. The van der Waals surface area contributed by atoms with Crippen molar-refractivity contribution in [3.8, 4) is 11.4 Å². The Kier molecular flexibility index (Phi) is 8.92. The van der Waals surface area contributed by atoms with Gasteiger partial charge in [0.2, 0.25) is 0 Å². The van der Waals surface area contributed by atoms with Gasteiger partial charge in [0, 0.05) is 37.3 Å². The van der Waals surface area contributed by atoms with Crippen LogP contribution in [0.3, 0.4) is 0 Å². The summed E-state index contributed by atoms with van der Waals surface area (Å²) >= 11 is 0. The molecule has 4 aromatic carbocycles. The molecular weight excluding hydrogens is 685 g/mol. The number of hydrogen-bond acceptors (Lipinski definition) is 7. The van der Waals surface area contributed by atoms with Crippen LogP contribution in [0.4, 0.5) is 5.69 Å². The molecule has 0 saturated carbocycles. The predicted octanol–water partition coefficient (Wildman–Crippen LogP) is 5.31. The van der Waals surface area contributed by atoms with Gasteiger partial charge in [0.25, 0.3) is 11.5 Å². The summed E-state index contributed by atoms with van der Waals surface area (Å²) in [5, 5.41) is 23.1. The van der Waals surface area contributed by atoms with Crippen LogP contribution >= 0.6 is 0 Å². The van der Waals surface area contributed by atoms with Gasteiger partial charge in [-0.1, -0.05) is 85.0 Å². The number of hydrogen-bond donors (Lipinski definition) is 2. The molecule has 1 saturated heterocycles. The molecule has 1 fully saturated rings. The summed E-state index contributed by atoms with van der Waals surface area (Å²) in [6.07, 6.45) is 2.61. The Balaban J connectivity index is 1.26. The molecule has 11 nitrogen and oxygen atoms in total. The molecule has 8 rings (SSSR count). The van der Waals surface area contributed by atoms with Gasteiger partial charge in [0.05, 0.1) is 55.8 Å². The molecule has 2 N–H and O–H groups in total. The number of carbonyl (C=O) groups excluding carboxylic acids is 1. The Hall–Kier alpha value is -5.30. The third kappa shape index (κ3) is 5.81. The lowest BCUT2D eigenvalue weighted by Gasteiger charge is -2.37. The number of fused-ring (bicyclic) bond motifs is 3. The molecule has 2 aliphatic rings. The first kappa shape index (κ1) is 34.8. The highest BCUT2D eigenvalue weighted by Gasteiger charge is 2.66. The first-order valence-corrected chi connectivity index (χ1v) is 21.3. The number of aromatic nitrogens is 5. The number of aromatic amines is 1. The lowest BCUT2D eigenvalue weighted by molar-refractivity contribution is -0.146. The number of anilines is 1. The van der Waals surface area contributed by atoms with Crippen molar-refractivity contribution in [2.75, 3.05) is 18.6 Å². The number of rotatable bonds is 11. The number of nitrogens with one attached hydrogen (secondary N) is 1. The molecule has 0 radical (unpaired) electrons. The molecule has 0 bridgehead atoms. The number of aliphatic hydroxyl groups is 1. The minimum absolute atomic E-state index is 0.00180. The zero-order valence-corrected chi connectivity index (χ0v) is 31.4. The topological polar surface area (TPSA) is 127 Å². The second kappa shape index (κ2) is 13.6. The third-order valence-electron chi connectivity index (χ3n) is 11.5. The van der Waals surface area contributed by atoms with E-state index in [1.165, 1.54) is 5.19 Å². The van der Waals surface area contributed by atoms with E-state index in [-0.39, 0.29) is 35.6 Å². The van der Waals surface area contributed by atoms with Gasteiger partial charge >= 0.3 is 0 Å². The van der Waals surface area contributed by atoms with Crippen LogP contribution in [-0.4, -0.2) is 63.7 Å². The molecule has 2 aromatic heterocycles. The van der Waals surface area contributed by atoms with Gasteiger partial charge in [-0.3, -0.25) is 19.4 Å². The summed E-state index contributed by atoms with van der Waals surface area (Å²) in [5.41, 5.74) is 3.23. The highest BCUT2D eigenvalue weighted by atomic mass is 28.3. The van der Waals surface area contributed by atoms with Gasteiger partial charge in [-0.05, 0) is 60.0 Å². The van der Waals surface area contributed by atoms with Gasteiger partial charge < -0.3 is 19.5 Å². The number of para-hydroxylation sites is 1. The first-order chi connectivity index (χ1) is 25.6. The molecular formula is C41H44N6O5Si. The third-order valence-corrected chi connectivity index (χ3v) is 15.8. The van der Waals surface area contributed by atoms with Crippen molar-refractivity contribution in [2.24, 2.45) is 5.92 Å². The summed E-state index contributed by atoms with van der Waals surface area (Å²) in [4.78, 5) is 30.8. The summed E-state index contributed by atoms with van der Waals surface area (Å²) in [7, 11) is -0.725. The van der Waals surface area contributed by atoms with Crippen LogP contribution in [0, 0.1) is 5.92 Å². The van der Waals surface area contributed by atoms with Crippen LogP contribution in [0.5, 0.6) is 5.75 Å². The number of amides is 1. The maximum atomic E-state index is 15.3. The number of aliphatic hydroxyl groups excluding tert-OH is 1. The molecule has 4 atom stereocenters. The SMILES string of the molecule is COc1ccc([Si](C)(C)[C@H]2[C@H](CCn3cc(CCO)nn3)O[C@@]3(C(=O)N(Cc4ccccc4)c4ccc(-n5[nH]c6ccccc6c5=O)cc43)[C@@H]2C)cc1. The largest absolute Gasteiger partial charge is 0.497 e.